The van der Waals surface area contributed by atoms with Crippen molar-refractivity contribution in [2.75, 3.05) is 20.8 Å². The smallest absolute Gasteiger partial charge is 0.282 e. The molecule has 0 radical (unpaired) electrons. The van der Waals surface area contributed by atoms with E-state index in [0.29, 0.717) is 23.6 Å². The Hall–Kier alpha value is -2.37. The van der Waals surface area contributed by atoms with Crippen molar-refractivity contribution in [3.8, 4) is 11.5 Å². The van der Waals surface area contributed by atoms with Gasteiger partial charge in [-0.3, -0.25) is 15.1 Å². The van der Waals surface area contributed by atoms with E-state index in [1.54, 1.807) is 6.08 Å². The zero-order valence-electron chi connectivity index (χ0n) is 10.3. The second-order valence-corrected chi connectivity index (χ2v) is 3.31. The highest BCUT2D eigenvalue weighted by Crippen LogP contribution is 2.33. The summed E-state index contributed by atoms with van der Waals surface area (Å²) in [6.45, 7) is 3.91. The summed E-state index contributed by atoms with van der Waals surface area (Å²) in [7, 11) is 2.89. The van der Waals surface area contributed by atoms with Gasteiger partial charge in [-0.2, -0.15) is 0 Å². The maximum absolute atomic E-state index is 10.9. The van der Waals surface area contributed by atoms with Crippen LogP contribution in [0.1, 0.15) is 5.56 Å². The van der Waals surface area contributed by atoms with E-state index < -0.39 is 4.92 Å². The van der Waals surface area contributed by atoms with Gasteiger partial charge in [-0.05, 0) is 6.07 Å². The van der Waals surface area contributed by atoms with Crippen LogP contribution < -0.4 is 9.47 Å². The Balaban J connectivity index is 3.28. The Morgan fingerprint density at radius 1 is 1.39 bits per heavy atom. The summed E-state index contributed by atoms with van der Waals surface area (Å²) in [6, 6.07) is 2.83. The van der Waals surface area contributed by atoms with Crippen LogP contribution in [0.5, 0.6) is 11.5 Å². The quantitative estimate of drug-likeness (QED) is 0.336. The SMILES string of the molecule is C=CCN=Cc1cc(OC)c(OC)cc1[N+](=O)[O-]. The molecule has 0 fully saturated rings. The molecular formula is C12H14N2O4. The van der Waals surface area contributed by atoms with E-state index >= 15 is 0 Å². The van der Waals surface area contributed by atoms with Crippen LogP contribution in [0, 0.1) is 10.1 Å². The summed E-state index contributed by atoms with van der Waals surface area (Å²) in [6.07, 6.45) is 3.02. The molecule has 0 N–H and O–H groups in total. The molecule has 0 aliphatic carbocycles. The van der Waals surface area contributed by atoms with Crippen molar-refractivity contribution < 1.29 is 14.4 Å². The Kier molecular flexibility index (Phi) is 4.86. The minimum absolute atomic E-state index is 0.0829. The fraction of sp³-hybridized carbons (Fsp3) is 0.250. The highest BCUT2D eigenvalue weighted by Gasteiger charge is 2.17. The number of aliphatic imine (C=N–C) groups is 1. The molecule has 0 saturated heterocycles. The van der Waals surface area contributed by atoms with Gasteiger partial charge in [0.1, 0.15) is 0 Å². The number of ether oxygens (including phenoxy) is 2. The summed E-state index contributed by atoms with van der Waals surface area (Å²) in [4.78, 5) is 14.5. The number of nitro groups is 1. The van der Waals surface area contributed by atoms with E-state index in [2.05, 4.69) is 11.6 Å². The predicted molar refractivity (Wildman–Crippen MR) is 68.9 cm³/mol. The summed E-state index contributed by atoms with van der Waals surface area (Å²) < 4.78 is 10.1. The third-order valence-corrected chi connectivity index (χ3v) is 2.19. The van der Waals surface area contributed by atoms with Crippen LogP contribution in [0.3, 0.4) is 0 Å². The molecule has 0 atom stereocenters. The van der Waals surface area contributed by atoms with Gasteiger partial charge in [-0.1, -0.05) is 6.08 Å². The van der Waals surface area contributed by atoms with Crippen molar-refractivity contribution >= 4 is 11.9 Å². The van der Waals surface area contributed by atoms with E-state index in [1.165, 1.54) is 32.6 Å². The van der Waals surface area contributed by atoms with E-state index in [-0.39, 0.29) is 5.69 Å². The molecule has 1 rings (SSSR count). The standard InChI is InChI=1S/C12H14N2O4/c1-4-5-13-8-9-6-11(17-2)12(18-3)7-10(9)14(15)16/h4,6-8H,1,5H2,2-3H3. The molecule has 0 bridgehead atoms. The second kappa shape index (κ2) is 6.39. The first-order chi connectivity index (χ1) is 8.63. The predicted octanol–water partition coefficient (Wildman–Crippen LogP) is 2.22. The van der Waals surface area contributed by atoms with Gasteiger partial charge in [0.15, 0.2) is 11.5 Å². The van der Waals surface area contributed by atoms with Gasteiger partial charge in [-0.25, -0.2) is 0 Å². The van der Waals surface area contributed by atoms with Gasteiger partial charge in [0.05, 0.1) is 37.3 Å². The summed E-state index contributed by atoms with van der Waals surface area (Å²) in [5.41, 5.74) is 0.278. The first-order valence-corrected chi connectivity index (χ1v) is 5.15. The maximum Gasteiger partial charge on any atom is 0.282 e. The maximum atomic E-state index is 10.9. The van der Waals surface area contributed by atoms with E-state index in [9.17, 15) is 10.1 Å². The lowest BCUT2D eigenvalue weighted by atomic mass is 10.1. The first-order valence-electron chi connectivity index (χ1n) is 5.15. The van der Waals surface area contributed by atoms with Crippen LogP contribution in [0.4, 0.5) is 5.69 Å². The fourth-order valence-electron chi connectivity index (χ4n) is 1.37. The topological polar surface area (TPSA) is 74.0 Å². The van der Waals surface area contributed by atoms with Gasteiger partial charge >= 0.3 is 0 Å². The molecule has 6 nitrogen and oxygen atoms in total. The van der Waals surface area contributed by atoms with E-state index in [0.717, 1.165) is 0 Å². The van der Waals surface area contributed by atoms with Crippen LogP contribution in [-0.2, 0) is 0 Å². The van der Waals surface area contributed by atoms with E-state index in [4.69, 9.17) is 9.47 Å². The molecule has 0 spiro atoms. The van der Waals surface area contributed by atoms with Crippen LogP contribution in [-0.4, -0.2) is 31.9 Å². The third-order valence-electron chi connectivity index (χ3n) is 2.19. The van der Waals surface area contributed by atoms with Crippen molar-refractivity contribution in [2.45, 2.75) is 0 Å². The summed E-state index contributed by atoms with van der Waals surface area (Å²) in [5, 5.41) is 10.9. The molecule has 0 aliphatic heterocycles. The minimum atomic E-state index is -0.489. The fourth-order valence-corrected chi connectivity index (χ4v) is 1.37. The molecule has 0 aromatic heterocycles. The lowest BCUT2D eigenvalue weighted by molar-refractivity contribution is -0.385. The Morgan fingerprint density at radius 3 is 2.50 bits per heavy atom. The lowest BCUT2D eigenvalue weighted by Crippen LogP contribution is -1.99. The average Bonchev–Trinajstić information content (AvgIpc) is 2.38. The largest absolute Gasteiger partial charge is 0.493 e. The molecule has 6 heteroatoms. The molecule has 1 aromatic rings. The molecule has 18 heavy (non-hydrogen) atoms. The second-order valence-electron chi connectivity index (χ2n) is 3.31. The van der Waals surface area contributed by atoms with Gasteiger partial charge in [-0.15, -0.1) is 6.58 Å². The summed E-state index contributed by atoms with van der Waals surface area (Å²) >= 11 is 0. The molecule has 0 unspecified atom stereocenters. The zero-order chi connectivity index (χ0) is 13.5. The van der Waals surface area contributed by atoms with Gasteiger partial charge in [0, 0.05) is 6.21 Å². The number of hydrogen-bond acceptors (Lipinski definition) is 5. The molecule has 1 aromatic carbocycles. The summed E-state index contributed by atoms with van der Waals surface area (Å²) in [5.74, 6) is 0.730. The van der Waals surface area contributed by atoms with Crippen molar-refractivity contribution in [1.29, 1.82) is 0 Å². The third kappa shape index (κ3) is 3.07. The normalized spacial score (nSPS) is 10.3. The van der Waals surface area contributed by atoms with Crippen molar-refractivity contribution in [1.82, 2.24) is 0 Å². The van der Waals surface area contributed by atoms with Crippen LogP contribution >= 0.6 is 0 Å². The monoisotopic (exact) mass is 250 g/mol. The van der Waals surface area contributed by atoms with Crippen molar-refractivity contribution in [3.63, 3.8) is 0 Å². The number of methoxy groups -OCH3 is 2. The Labute approximate surface area is 105 Å². The zero-order valence-corrected chi connectivity index (χ0v) is 10.3. The number of nitrogens with zero attached hydrogens (tertiary/aromatic N) is 2. The first kappa shape index (κ1) is 13.7. The van der Waals surface area contributed by atoms with E-state index in [1.807, 2.05) is 0 Å². The number of nitro benzene ring substituents is 1. The van der Waals surface area contributed by atoms with Crippen LogP contribution in [0.2, 0.25) is 0 Å². The number of hydrogen-bond donors (Lipinski definition) is 0. The van der Waals surface area contributed by atoms with Crippen molar-refractivity contribution in [2.24, 2.45) is 4.99 Å². The Morgan fingerprint density at radius 2 is 2.00 bits per heavy atom. The molecule has 0 aliphatic rings. The molecule has 96 valence electrons. The molecular weight excluding hydrogens is 236 g/mol. The highest BCUT2D eigenvalue weighted by molar-refractivity contribution is 5.87. The number of rotatable bonds is 6. The van der Waals surface area contributed by atoms with Gasteiger partial charge in [0.25, 0.3) is 5.69 Å². The molecule has 0 saturated carbocycles. The number of benzene rings is 1. The van der Waals surface area contributed by atoms with Crippen LogP contribution in [0.15, 0.2) is 29.8 Å². The van der Waals surface area contributed by atoms with Crippen molar-refractivity contribution in [3.05, 3.63) is 40.5 Å². The van der Waals surface area contributed by atoms with Crippen LogP contribution in [0.25, 0.3) is 0 Å². The molecule has 0 amide bonds. The Bertz CT molecular complexity index is 483. The van der Waals surface area contributed by atoms with Gasteiger partial charge in [0.2, 0.25) is 0 Å². The highest BCUT2D eigenvalue weighted by atomic mass is 16.6. The minimum Gasteiger partial charge on any atom is -0.493 e. The lowest BCUT2D eigenvalue weighted by Gasteiger charge is -2.08. The van der Waals surface area contributed by atoms with Gasteiger partial charge < -0.3 is 9.47 Å². The average molecular weight is 250 g/mol. The molecule has 0 heterocycles.